The number of thiazole rings is 1. The maximum Gasteiger partial charge on any atom is 0.212 e. The van der Waals surface area contributed by atoms with E-state index in [1.165, 1.54) is 24.2 Å². The molecule has 1 aromatic heterocycles. The van der Waals surface area contributed by atoms with Crippen LogP contribution >= 0.6 is 11.3 Å². The average molecular weight is 317 g/mol. The molecule has 1 saturated carbocycles. The first kappa shape index (κ1) is 15.9. The molecule has 7 heteroatoms. The molecule has 0 atom stereocenters. The monoisotopic (exact) mass is 317 g/mol. The maximum atomic E-state index is 12.1. The van der Waals surface area contributed by atoms with Crippen LogP contribution in [-0.2, 0) is 15.6 Å². The second kappa shape index (κ2) is 6.51. The summed E-state index contributed by atoms with van der Waals surface area (Å²) in [6.45, 7) is 4.60. The van der Waals surface area contributed by atoms with Gasteiger partial charge in [-0.05, 0) is 46.1 Å². The molecule has 0 aromatic carbocycles. The van der Waals surface area contributed by atoms with E-state index in [4.69, 9.17) is 0 Å². The zero-order chi connectivity index (χ0) is 14.6. The van der Waals surface area contributed by atoms with E-state index in [9.17, 15) is 8.42 Å². The van der Waals surface area contributed by atoms with Crippen molar-refractivity contribution in [3.05, 3.63) is 16.6 Å². The van der Waals surface area contributed by atoms with Gasteiger partial charge in [0, 0.05) is 17.6 Å². The number of unbranched alkanes of at least 4 members (excludes halogenated alkanes) is 1. The molecule has 0 saturated heterocycles. The van der Waals surface area contributed by atoms with Gasteiger partial charge in [-0.3, -0.25) is 0 Å². The van der Waals surface area contributed by atoms with Crippen LogP contribution in [0.25, 0.3) is 0 Å². The zero-order valence-electron chi connectivity index (χ0n) is 12.1. The highest BCUT2D eigenvalue weighted by molar-refractivity contribution is 7.89. The van der Waals surface area contributed by atoms with E-state index < -0.39 is 15.6 Å². The van der Waals surface area contributed by atoms with Crippen molar-refractivity contribution in [2.75, 3.05) is 12.3 Å². The predicted molar refractivity (Wildman–Crippen MR) is 82.3 cm³/mol. The SMILES string of the molecule is CC(C)(NS(=O)(=O)CCCCNC1CC1)c1nccs1. The van der Waals surface area contributed by atoms with Crippen molar-refractivity contribution < 1.29 is 8.42 Å². The van der Waals surface area contributed by atoms with E-state index in [0.29, 0.717) is 12.5 Å². The third-order valence-electron chi connectivity index (χ3n) is 3.23. The standard InChI is InChI=1S/C13H23N3O2S2/c1-13(2,12-15-8-9-19-12)16-20(17,18)10-4-3-7-14-11-5-6-11/h8-9,11,14,16H,3-7,10H2,1-2H3. The van der Waals surface area contributed by atoms with Crippen LogP contribution in [0.2, 0.25) is 0 Å². The molecule has 1 heterocycles. The van der Waals surface area contributed by atoms with Gasteiger partial charge in [0.15, 0.2) is 0 Å². The first-order valence-corrected chi connectivity index (χ1v) is 9.57. The summed E-state index contributed by atoms with van der Waals surface area (Å²) in [5.41, 5.74) is -0.640. The molecule has 0 amide bonds. The number of hydrogen-bond donors (Lipinski definition) is 2. The highest BCUT2D eigenvalue weighted by atomic mass is 32.2. The van der Waals surface area contributed by atoms with Gasteiger partial charge >= 0.3 is 0 Å². The molecule has 2 N–H and O–H groups in total. The van der Waals surface area contributed by atoms with Crippen molar-refractivity contribution in [2.24, 2.45) is 0 Å². The van der Waals surface area contributed by atoms with E-state index >= 15 is 0 Å². The van der Waals surface area contributed by atoms with Crippen molar-refractivity contribution in [1.29, 1.82) is 0 Å². The molecule has 0 aliphatic heterocycles. The Morgan fingerprint density at radius 3 is 2.75 bits per heavy atom. The normalized spacial score (nSPS) is 16.5. The molecule has 0 unspecified atom stereocenters. The lowest BCUT2D eigenvalue weighted by atomic mass is 10.1. The first-order chi connectivity index (χ1) is 9.39. The number of sulfonamides is 1. The van der Waals surface area contributed by atoms with Crippen molar-refractivity contribution in [1.82, 2.24) is 15.0 Å². The Morgan fingerprint density at radius 2 is 2.15 bits per heavy atom. The Balaban J connectivity index is 1.74. The Bertz CT molecular complexity index is 508. The summed E-state index contributed by atoms with van der Waals surface area (Å²) >= 11 is 1.46. The van der Waals surface area contributed by atoms with Crippen LogP contribution in [0.3, 0.4) is 0 Å². The Kier molecular flexibility index (Phi) is 5.17. The quantitative estimate of drug-likeness (QED) is 0.682. The topological polar surface area (TPSA) is 71.1 Å². The lowest BCUT2D eigenvalue weighted by molar-refractivity contribution is 0.468. The second-order valence-corrected chi connectivity index (χ2v) is 8.56. The Hall–Kier alpha value is -0.500. The Labute approximate surface area is 125 Å². The number of rotatable bonds is 9. The molecule has 1 aromatic rings. The van der Waals surface area contributed by atoms with Gasteiger partial charge in [-0.2, -0.15) is 0 Å². The molecule has 2 rings (SSSR count). The van der Waals surface area contributed by atoms with Crippen LogP contribution in [0.5, 0.6) is 0 Å². The smallest absolute Gasteiger partial charge is 0.212 e. The molecular weight excluding hydrogens is 294 g/mol. The summed E-state index contributed by atoms with van der Waals surface area (Å²) in [4.78, 5) is 4.19. The van der Waals surface area contributed by atoms with Gasteiger partial charge in [-0.25, -0.2) is 18.1 Å². The van der Waals surface area contributed by atoms with Crippen LogP contribution in [0.1, 0.15) is 44.5 Å². The fraction of sp³-hybridized carbons (Fsp3) is 0.769. The van der Waals surface area contributed by atoms with Crippen LogP contribution in [-0.4, -0.2) is 31.7 Å². The summed E-state index contributed by atoms with van der Waals surface area (Å²) in [6.07, 6.45) is 5.81. The number of hydrogen-bond acceptors (Lipinski definition) is 5. The molecule has 0 bridgehead atoms. The van der Waals surface area contributed by atoms with Gasteiger partial charge in [-0.15, -0.1) is 11.3 Å². The third-order valence-corrected chi connectivity index (χ3v) is 5.97. The van der Waals surface area contributed by atoms with E-state index in [1.807, 2.05) is 19.2 Å². The van der Waals surface area contributed by atoms with Gasteiger partial charge in [0.2, 0.25) is 10.0 Å². The summed E-state index contributed by atoms with van der Waals surface area (Å²) in [5.74, 6) is 0.175. The van der Waals surface area contributed by atoms with E-state index in [2.05, 4.69) is 15.0 Å². The van der Waals surface area contributed by atoms with Crippen LogP contribution < -0.4 is 10.0 Å². The van der Waals surface area contributed by atoms with Crippen molar-refractivity contribution in [2.45, 2.75) is 51.1 Å². The lowest BCUT2D eigenvalue weighted by Crippen LogP contribution is -2.42. The fourth-order valence-electron chi connectivity index (χ4n) is 2.03. The van der Waals surface area contributed by atoms with Gasteiger partial charge in [0.1, 0.15) is 5.01 Å². The van der Waals surface area contributed by atoms with Crippen molar-refractivity contribution in [3.63, 3.8) is 0 Å². The second-order valence-electron chi connectivity index (χ2n) is 5.82. The first-order valence-electron chi connectivity index (χ1n) is 7.04. The molecule has 20 heavy (non-hydrogen) atoms. The minimum absolute atomic E-state index is 0.175. The molecule has 114 valence electrons. The van der Waals surface area contributed by atoms with Crippen molar-refractivity contribution in [3.8, 4) is 0 Å². The maximum absolute atomic E-state index is 12.1. The zero-order valence-corrected chi connectivity index (χ0v) is 13.7. The van der Waals surface area contributed by atoms with Gasteiger partial charge in [0.25, 0.3) is 0 Å². The minimum Gasteiger partial charge on any atom is -0.314 e. The number of nitrogens with zero attached hydrogens (tertiary/aromatic N) is 1. The number of aromatic nitrogens is 1. The summed E-state index contributed by atoms with van der Waals surface area (Å²) in [7, 11) is -3.26. The third kappa shape index (κ3) is 5.12. The van der Waals surface area contributed by atoms with Gasteiger partial charge in [-0.1, -0.05) is 0 Å². The summed E-state index contributed by atoms with van der Waals surface area (Å²) in [6, 6.07) is 0.688. The molecule has 5 nitrogen and oxygen atoms in total. The largest absolute Gasteiger partial charge is 0.314 e. The van der Waals surface area contributed by atoms with E-state index in [0.717, 1.165) is 18.0 Å². The summed E-state index contributed by atoms with van der Waals surface area (Å²) in [5, 5.41) is 6.03. The highest BCUT2D eigenvalue weighted by Gasteiger charge is 2.28. The molecular formula is C13H23N3O2S2. The van der Waals surface area contributed by atoms with Crippen LogP contribution in [0.15, 0.2) is 11.6 Å². The predicted octanol–water partition coefficient (Wildman–Crippen LogP) is 1.83. The summed E-state index contributed by atoms with van der Waals surface area (Å²) < 4.78 is 26.9. The number of nitrogens with one attached hydrogen (secondary N) is 2. The fourth-order valence-corrected chi connectivity index (χ4v) is 4.37. The Morgan fingerprint density at radius 1 is 1.40 bits per heavy atom. The minimum atomic E-state index is -3.26. The van der Waals surface area contributed by atoms with Crippen LogP contribution in [0.4, 0.5) is 0 Å². The molecule has 0 spiro atoms. The lowest BCUT2D eigenvalue weighted by Gasteiger charge is -2.23. The highest BCUT2D eigenvalue weighted by Crippen LogP contribution is 2.23. The van der Waals surface area contributed by atoms with E-state index in [-0.39, 0.29) is 5.75 Å². The molecule has 1 fully saturated rings. The van der Waals surface area contributed by atoms with Crippen molar-refractivity contribution >= 4 is 21.4 Å². The molecule has 0 radical (unpaired) electrons. The van der Waals surface area contributed by atoms with Gasteiger partial charge < -0.3 is 5.32 Å². The molecule has 1 aliphatic carbocycles. The van der Waals surface area contributed by atoms with Gasteiger partial charge in [0.05, 0.1) is 11.3 Å². The van der Waals surface area contributed by atoms with Crippen LogP contribution in [0, 0.1) is 0 Å². The van der Waals surface area contributed by atoms with E-state index in [1.54, 1.807) is 6.20 Å². The molecule has 1 aliphatic rings. The average Bonchev–Trinajstić information content (AvgIpc) is 2.98.